The van der Waals surface area contributed by atoms with Gasteiger partial charge < -0.3 is 10.4 Å². The zero-order valence-corrected chi connectivity index (χ0v) is 11.8. The SMILES string of the molecule is Cn1cc(C(=O)NCC(CC(C)(C)C)C(=O)O)cn1. The predicted octanol–water partition coefficient (Wildman–Crippen LogP) is 1.29. The number of hydrogen-bond acceptors (Lipinski definition) is 3. The van der Waals surface area contributed by atoms with Crippen LogP contribution in [0.1, 0.15) is 37.6 Å². The van der Waals surface area contributed by atoms with Crippen molar-refractivity contribution < 1.29 is 14.7 Å². The fourth-order valence-corrected chi connectivity index (χ4v) is 1.84. The van der Waals surface area contributed by atoms with Gasteiger partial charge in [0.1, 0.15) is 0 Å². The highest BCUT2D eigenvalue weighted by atomic mass is 16.4. The highest BCUT2D eigenvalue weighted by molar-refractivity contribution is 5.93. The smallest absolute Gasteiger partial charge is 0.308 e. The van der Waals surface area contributed by atoms with Crippen LogP contribution >= 0.6 is 0 Å². The van der Waals surface area contributed by atoms with E-state index in [1.807, 2.05) is 20.8 Å². The van der Waals surface area contributed by atoms with Crippen molar-refractivity contribution in [2.45, 2.75) is 27.2 Å². The van der Waals surface area contributed by atoms with Crippen molar-refractivity contribution in [2.75, 3.05) is 6.54 Å². The number of carboxylic acid groups (broad SMARTS) is 1. The molecule has 1 unspecified atom stereocenters. The first kappa shape index (κ1) is 15.2. The summed E-state index contributed by atoms with van der Waals surface area (Å²) < 4.78 is 1.53. The Morgan fingerprint density at radius 3 is 2.53 bits per heavy atom. The number of carboxylic acids is 1. The quantitative estimate of drug-likeness (QED) is 0.842. The number of aromatic nitrogens is 2. The van der Waals surface area contributed by atoms with E-state index >= 15 is 0 Å². The van der Waals surface area contributed by atoms with Gasteiger partial charge in [-0.1, -0.05) is 20.8 Å². The van der Waals surface area contributed by atoms with Gasteiger partial charge in [-0.2, -0.15) is 5.10 Å². The third-order valence-corrected chi connectivity index (χ3v) is 2.68. The maximum atomic E-state index is 11.8. The Labute approximate surface area is 112 Å². The summed E-state index contributed by atoms with van der Waals surface area (Å²) in [6.45, 7) is 6.06. The minimum absolute atomic E-state index is 0.0952. The van der Waals surface area contributed by atoms with E-state index in [1.54, 1.807) is 13.2 Å². The lowest BCUT2D eigenvalue weighted by Crippen LogP contribution is -2.34. The molecule has 19 heavy (non-hydrogen) atoms. The summed E-state index contributed by atoms with van der Waals surface area (Å²) in [5.74, 6) is -1.77. The predicted molar refractivity (Wildman–Crippen MR) is 70.7 cm³/mol. The van der Waals surface area contributed by atoms with Crippen LogP contribution in [0.15, 0.2) is 12.4 Å². The fraction of sp³-hybridized carbons (Fsp3) is 0.615. The molecule has 0 saturated carbocycles. The summed E-state index contributed by atoms with van der Waals surface area (Å²) in [5, 5.41) is 15.7. The Balaban J connectivity index is 2.57. The number of rotatable bonds is 5. The van der Waals surface area contributed by atoms with Crippen molar-refractivity contribution in [1.29, 1.82) is 0 Å². The summed E-state index contributed by atoms with van der Waals surface area (Å²) in [7, 11) is 1.72. The van der Waals surface area contributed by atoms with Crippen LogP contribution < -0.4 is 5.32 Å². The molecule has 106 valence electrons. The first-order valence-electron chi connectivity index (χ1n) is 6.19. The molecule has 0 radical (unpaired) electrons. The molecule has 2 N–H and O–H groups in total. The minimum Gasteiger partial charge on any atom is -0.481 e. The van der Waals surface area contributed by atoms with E-state index in [0.717, 1.165) is 0 Å². The molecule has 0 spiro atoms. The Bertz CT molecular complexity index is 460. The van der Waals surface area contributed by atoms with E-state index in [2.05, 4.69) is 10.4 Å². The van der Waals surface area contributed by atoms with E-state index in [4.69, 9.17) is 5.11 Å². The van der Waals surface area contributed by atoms with Gasteiger partial charge in [0.05, 0.1) is 17.7 Å². The molecule has 0 saturated heterocycles. The molecule has 1 heterocycles. The number of aliphatic carboxylic acids is 1. The van der Waals surface area contributed by atoms with Crippen molar-refractivity contribution in [3.63, 3.8) is 0 Å². The van der Waals surface area contributed by atoms with Gasteiger partial charge in [0.25, 0.3) is 5.91 Å². The van der Waals surface area contributed by atoms with Gasteiger partial charge in [-0.25, -0.2) is 0 Å². The monoisotopic (exact) mass is 267 g/mol. The number of aryl methyl sites for hydroxylation is 1. The average molecular weight is 267 g/mol. The standard InChI is InChI=1S/C13H21N3O3/c1-13(2,3)5-9(12(18)19)6-14-11(17)10-7-15-16(4)8-10/h7-9H,5-6H2,1-4H3,(H,14,17)(H,18,19). The molecule has 6 nitrogen and oxygen atoms in total. The zero-order chi connectivity index (χ0) is 14.6. The van der Waals surface area contributed by atoms with Crippen LogP contribution in [0.25, 0.3) is 0 Å². The number of amides is 1. The number of carbonyl (C=O) groups is 2. The lowest BCUT2D eigenvalue weighted by atomic mass is 9.84. The van der Waals surface area contributed by atoms with Crippen molar-refractivity contribution in [2.24, 2.45) is 18.4 Å². The van der Waals surface area contributed by atoms with Gasteiger partial charge in [-0.15, -0.1) is 0 Å². The second-order valence-corrected chi connectivity index (χ2v) is 5.91. The third kappa shape index (κ3) is 5.11. The average Bonchev–Trinajstić information content (AvgIpc) is 2.68. The van der Waals surface area contributed by atoms with E-state index in [9.17, 15) is 9.59 Å². The van der Waals surface area contributed by atoms with Crippen LogP contribution in [0.4, 0.5) is 0 Å². The Kier molecular flexibility index (Phi) is 4.69. The summed E-state index contributed by atoms with van der Waals surface area (Å²) >= 11 is 0. The van der Waals surface area contributed by atoms with Crippen molar-refractivity contribution >= 4 is 11.9 Å². The second-order valence-electron chi connectivity index (χ2n) is 5.91. The van der Waals surface area contributed by atoms with Gasteiger partial charge in [-0.05, 0) is 11.8 Å². The van der Waals surface area contributed by atoms with E-state index in [1.165, 1.54) is 10.9 Å². The second kappa shape index (κ2) is 5.86. The fourth-order valence-electron chi connectivity index (χ4n) is 1.84. The normalized spacial score (nSPS) is 13.1. The molecule has 0 bridgehead atoms. The van der Waals surface area contributed by atoms with E-state index in [-0.39, 0.29) is 17.9 Å². The maximum Gasteiger partial charge on any atom is 0.308 e. The summed E-state index contributed by atoms with van der Waals surface area (Å²) in [6, 6.07) is 0. The Morgan fingerprint density at radius 1 is 1.47 bits per heavy atom. The van der Waals surface area contributed by atoms with Gasteiger partial charge in [0.15, 0.2) is 0 Å². The van der Waals surface area contributed by atoms with Crippen molar-refractivity contribution in [3.05, 3.63) is 18.0 Å². The van der Waals surface area contributed by atoms with Crippen LogP contribution in [0.5, 0.6) is 0 Å². The van der Waals surface area contributed by atoms with E-state index in [0.29, 0.717) is 12.0 Å². The molecule has 0 aliphatic rings. The Hall–Kier alpha value is -1.85. The molecule has 6 heteroatoms. The topological polar surface area (TPSA) is 84.2 Å². The maximum absolute atomic E-state index is 11.8. The van der Waals surface area contributed by atoms with E-state index < -0.39 is 11.9 Å². The Morgan fingerprint density at radius 2 is 2.11 bits per heavy atom. The largest absolute Gasteiger partial charge is 0.481 e. The molecular weight excluding hydrogens is 246 g/mol. The highest BCUT2D eigenvalue weighted by Crippen LogP contribution is 2.24. The molecule has 0 aliphatic carbocycles. The number of hydrogen-bond donors (Lipinski definition) is 2. The molecule has 1 aromatic rings. The lowest BCUT2D eigenvalue weighted by Gasteiger charge is -2.23. The summed E-state index contributed by atoms with van der Waals surface area (Å²) in [5.41, 5.74) is 0.338. The minimum atomic E-state index is -0.888. The van der Waals surface area contributed by atoms with Crippen LogP contribution in [-0.4, -0.2) is 33.3 Å². The molecular formula is C13H21N3O3. The summed E-state index contributed by atoms with van der Waals surface area (Å²) in [4.78, 5) is 23.0. The number of nitrogens with one attached hydrogen (secondary N) is 1. The van der Waals surface area contributed by atoms with Gasteiger partial charge in [0, 0.05) is 19.8 Å². The zero-order valence-electron chi connectivity index (χ0n) is 11.8. The van der Waals surface area contributed by atoms with Crippen molar-refractivity contribution in [1.82, 2.24) is 15.1 Å². The molecule has 0 aliphatic heterocycles. The molecule has 1 rings (SSSR count). The van der Waals surface area contributed by atoms with Gasteiger partial charge in [0.2, 0.25) is 0 Å². The highest BCUT2D eigenvalue weighted by Gasteiger charge is 2.25. The number of carbonyl (C=O) groups excluding carboxylic acids is 1. The van der Waals surface area contributed by atoms with Crippen LogP contribution in [0.2, 0.25) is 0 Å². The lowest BCUT2D eigenvalue weighted by molar-refractivity contribution is -0.142. The molecule has 0 aromatic carbocycles. The summed E-state index contributed by atoms with van der Waals surface area (Å²) in [6.07, 6.45) is 3.55. The first-order valence-corrected chi connectivity index (χ1v) is 6.19. The van der Waals surface area contributed by atoms with Crippen LogP contribution in [0.3, 0.4) is 0 Å². The van der Waals surface area contributed by atoms with Crippen molar-refractivity contribution in [3.8, 4) is 0 Å². The molecule has 1 aromatic heterocycles. The molecule has 1 amide bonds. The first-order chi connectivity index (χ1) is 8.69. The van der Waals surface area contributed by atoms with Crippen LogP contribution in [-0.2, 0) is 11.8 Å². The van der Waals surface area contributed by atoms with Crippen LogP contribution in [0, 0.1) is 11.3 Å². The third-order valence-electron chi connectivity index (χ3n) is 2.68. The molecule has 0 fully saturated rings. The molecule has 1 atom stereocenters. The number of nitrogens with zero attached hydrogens (tertiary/aromatic N) is 2. The van der Waals surface area contributed by atoms with Gasteiger partial charge >= 0.3 is 5.97 Å². The van der Waals surface area contributed by atoms with Gasteiger partial charge in [-0.3, -0.25) is 14.3 Å².